The number of halogens is 1. The van der Waals surface area contributed by atoms with E-state index in [2.05, 4.69) is 15.0 Å². The van der Waals surface area contributed by atoms with Gasteiger partial charge in [-0.1, -0.05) is 16.8 Å². The van der Waals surface area contributed by atoms with Gasteiger partial charge < -0.3 is 18.9 Å². The van der Waals surface area contributed by atoms with Gasteiger partial charge in [0.2, 0.25) is 5.89 Å². The molecule has 3 heterocycles. The van der Waals surface area contributed by atoms with Gasteiger partial charge in [-0.2, -0.15) is 4.98 Å². The van der Waals surface area contributed by atoms with Crippen molar-refractivity contribution in [1.82, 2.24) is 19.6 Å². The van der Waals surface area contributed by atoms with Crippen LogP contribution in [0.5, 0.6) is 0 Å². The van der Waals surface area contributed by atoms with Gasteiger partial charge in [-0.15, -0.1) is 0 Å². The van der Waals surface area contributed by atoms with Crippen LogP contribution in [0.4, 0.5) is 5.69 Å². The largest absolute Gasteiger partial charge is 0.368 e. The Balaban J connectivity index is 1.41. The van der Waals surface area contributed by atoms with E-state index in [1.807, 2.05) is 52.1 Å². The number of amides is 1. The van der Waals surface area contributed by atoms with E-state index in [1.165, 1.54) is 0 Å². The zero-order valence-electron chi connectivity index (χ0n) is 15.0. The molecular formula is C19H20ClN5O2. The SMILES string of the molecule is Cc1nc(Cn2cccc2C(=O)N2CCN(c3ccc(Cl)cc3)CC2)no1. The quantitative estimate of drug-likeness (QED) is 0.690. The van der Waals surface area contributed by atoms with Gasteiger partial charge in [0.1, 0.15) is 5.69 Å². The van der Waals surface area contributed by atoms with Gasteiger partial charge in [0.25, 0.3) is 5.91 Å². The highest BCUT2D eigenvalue weighted by Crippen LogP contribution is 2.20. The van der Waals surface area contributed by atoms with Gasteiger partial charge in [-0.25, -0.2) is 0 Å². The van der Waals surface area contributed by atoms with Gasteiger partial charge in [0.15, 0.2) is 5.82 Å². The molecule has 1 saturated heterocycles. The monoisotopic (exact) mass is 385 g/mol. The Labute approximate surface area is 162 Å². The smallest absolute Gasteiger partial charge is 0.270 e. The first-order chi connectivity index (χ1) is 13.1. The first kappa shape index (κ1) is 17.6. The maximum absolute atomic E-state index is 13.0. The van der Waals surface area contributed by atoms with E-state index in [4.69, 9.17) is 16.1 Å². The number of aryl methyl sites for hydroxylation is 1. The Morgan fingerprint density at radius 3 is 2.56 bits per heavy atom. The van der Waals surface area contributed by atoms with Crippen molar-refractivity contribution >= 4 is 23.2 Å². The Hall–Kier alpha value is -2.80. The van der Waals surface area contributed by atoms with E-state index in [1.54, 1.807) is 6.92 Å². The lowest BCUT2D eigenvalue weighted by molar-refractivity contribution is 0.0736. The van der Waals surface area contributed by atoms with Gasteiger partial charge in [-0.3, -0.25) is 4.79 Å². The molecule has 4 rings (SSSR count). The first-order valence-corrected chi connectivity index (χ1v) is 9.22. The number of carbonyl (C=O) groups excluding carboxylic acids is 1. The fourth-order valence-electron chi connectivity index (χ4n) is 3.29. The average Bonchev–Trinajstić information content (AvgIpc) is 3.31. The summed E-state index contributed by atoms with van der Waals surface area (Å²) in [4.78, 5) is 21.3. The highest BCUT2D eigenvalue weighted by atomic mass is 35.5. The molecule has 3 aromatic rings. The van der Waals surface area contributed by atoms with Crippen LogP contribution in [0.15, 0.2) is 47.1 Å². The first-order valence-electron chi connectivity index (χ1n) is 8.84. The molecule has 0 aliphatic carbocycles. The Morgan fingerprint density at radius 1 is 1.15 bits per heavy atom. The van der Waals surface area contributed by atoms with Crippen molar-refractivity contribution < 1.29 is 9.32 Å². The van der Waals surface area contributed by atoms with E-state index in [9.17, 15) is 4.79 Å². The molecular weight excluding hydrogens is 366 g/mol. The molecule has 1 amide bonds. The number of carbonyl (C=O) groups is 1. The number of piperazine rings is 1. The Morgan fingerprint density at radius 2 is 1.89 bits per heavy atom. The van der Waals surface area contributed by atoms with Crippen molar-refractivity contribution in [3.05, 3.63) is 65.0 Å². The summed E-state index contributed by atoms with van der Waals surface area (Å²) in [5.74, 6) is 1.10. The fourth-order valence-corrected chi connectivity index (χ4v) is 3.41. The number of hydrogen-bond donors (Lipinski definition) is 0. The second kappa shape index (κ2) is 7.44. The number of hydrogen-bond acceptors (Lipinski definition) is 5. The molecule has 1 fully saturated rings. The maximum atomic E-state index is 13.0. The third kappa shape index (κ3) is 3.83. The molecule has 27 heavy (non-hydrogen) atoms. The summed E-state index contributed by atoms with van der Waals surface area (Å²) in [6.45, 7) is 5.09. The molecule has 1 aromatic carbocycles. The van der Waals surface area contributed by atoms with E-state index in [0.717, 1.165) is 23.8 Å². The van der Waals surface area contributed by atoms with Crippen LogP contribution in [-0.4, -0.2) is 51.7 Å². The van der Waals surface area contributed by atoms with Crippen molar-refractivity contribution in [2.75, 3.05) is 31.1 Å². The zero-order chi connectivity index (χ0) is 18.8. The van der Waals surface area contributed by atoms with Crippen LogP contribution in [0.2, 0.25) is 5.02 Å². The highest BCUT2D eigenvalue weighted by molar-refractivity contribution is 6.30. The topological polar surface area (TPSA) is 67.4 Å². The predicted molar refractivity (Wildman–Crippen MR) is 102 cm³/mol. The lowest BCUT2D eigenvalue weighted by atomic mass is 10.2. The van der Waals surface area contributed by atoms with Gasteiger partial charge in [0.05, 0.1) is 6.54 Å². The fraction of sp³-hybridized carbons (Fsp3) is 0.316. The van der Waals surface area contributed by atoms with Crippen LogP contribution in [0.3, 0.4) is 0 Å². The summed E-state index contributed by atoms with van der Waals surface area (Å²) in [6, 6.07) is 11.5. The van der Waals surface area contributed by atoms with Gasteiger partial charge >= 0.3 is 0 Å². The standard InChI is InChI=1S/C19H20ClN5O2/c1-14-21-18(22-27-14)13-25-8-2-3-17(25)19(26)24-11-9-23(10-12-24)16-6-4-15(20)5-7-16/h2-8H,9-13H2,1H3. The average molecular weight is 386 g/mol. The van der Waals surface area contributed by atoms with Crippen molar-refractivity contribution in [3.8, 4) is 0 Å². The molecule has 8 heteroatoms. The van der Waals surface area contributed by atoms with Crippen molar-refractivity contribution in [2.45, 2.75) is 13.5 Å². The van der Waals surface area contributed by atoms with E-state index >= 15 is 0 Å². The number of rotatable bonds is 4. The third-order valence-electron chi connectivity index (χ3n) is 4.69. The molecule has 0 N–H and O–H groups in total. The van der Waals surface area contributed by atoms with Gasteiger partial charge in [-0.05, 0) is 36.4 Å². The number of benzene rings is 1. The maximum Gasteiger partial charge on any atom is 0.270 e. The molecule has 140 valence electrons. The van der Waals surface area contributed by atoms with Crippen molar-refractivity contribution in [2.24, 2.45) is 0 Å². The Kier molecular flexibility index (Phi) is 4.85. The zero-order valence-corrected chi connectivity index (χ0v) is 15.8. The molecule has 0 spiro atoms. The molecule has 1 aliphatic rings. The lowest BCUT2D eigenvalue weighted by Gasteiger charge is -2.36. The minimum atomic E-state index is 0.0240. The molecule has 0 bridgehead atoms. The van der Waals surface area contributed by atoms with Crippen molar-refractivity contribution in [3.63, 3.8) is 0 Å². The van der Waals surface area contributed by atoms with Crippen LogP contribution in [-0.2, 0) is 6.54 Å². The van der Waals surface area contributed by atoms with Crippen LogP contribution in [0.25, 0.3) is 0 Å². The molecule has 2 aromatic heterocycles. The van der Waals surface area contributed by atoms with Gasteiger partial charge in [0, 0.05) is 50.0 Å². The second-order valence-electron chi connectivity index (χ2n) is 6.51. The van der Waals surface area contributed by atoms with Crippen LogP contribution >= 0.6 is 11.6 Å². The summed E-state index contributed by atoms with van der Waals surface area (Å²) >= 11 is 5.96. The molecule has 0 unspecified atom stereocenters. The van der Waals surface area contributed by atoms with Crippen molar-refractivity contribution in [1.29, 1.82) is 0 Å². The number of aromatic nitrogens is 3. The number of anilines is 1. The second-order valence-corrected chi connectivity index (χ2v) is 6.94. The molecule has 1 aliphatic heterocycles. The van der Waals surface area contributed by atoms with Crippen LogP contribution in [0.1, 0.15) is 22.2 Å². The molecule has 0 saturated carbocycles. The summed E-state index contributed by atoms with van der Waals surface area (Å²) in [5, 5.41) is 4.63. The van der Waals surface area contributed by atoms with E-state index in [-0.39, 0.29) is 5.91 Å². The molecule has 0 radical (unpaired) electrons. The molecule has 0 atom stereocenters. The summed E-state index contributed by atoms with van der Waals surface area (Å²) < 4.78 is 6.87. The predicted octanol–water partition coefficient (Wildman–Crippen LogP) is 2.84. The third-order valence-corrected chi connectivity index (χ3v) is 4.94. The minimum absolute atomic E-state index is 0.0240. The summed E-state index contributed by atoms with van der Waals surface area (Å²) in [5.41, 5.74) is 1.76. The molecule has 7 nitrogen and oxygen atoms in total. The lowest BCUT2D eigenvalue weighted by Crippen LogP contribution is -2.49. The van der Waals surface area contributed by atoms with E-state index < -0.39 is 0 Å². The normalized spacial score (nSPS) is 14.6. The van der Waals surface area contributed by atoms with Crippen LogP contribution in [0, 0.1) is 6.92 Å². The summed E-state index contributed by atoms with van der Waals surface area (Å²) in [7, 11) is 0. The van der Waals surface area contributed by atoms with E-state index in [0.29, 0.717) is 37.0 Å². The highest BCUT2D eigenvalue weighted by Gasteiger charge is 2.24. The number of nitrogens with zero attached hydrogens (tertiary/aromatic N) is 5. The minimum Gasteiger partial charge on any atom is -0.368 e. The Bertz CT molecular complexity index is 926. The summed E-state index contributed by atoms with van der Waals surface area (Å²) in [6.07, 6.45) is 1.86. The van der Waals surface area contributed by atoms with Crippen LogP contribution < -0.4 is 4.90 Å².